The SMILES string of the molecule is Cn1nc(C(F)(F)F)c(CO/N=C(\N)c2cccnc2N2CCCCC2)c1Cl. The molecular weight excluding hydrogens is 397 g/mol. The number of nitrogens with two attached hydrogens (primary N) is 1. The molecule has 1 aliphatic rings. The molecule has 0 spiro atoms. The highest BCUT2D eigenvalue weighted by atomic mass is 35.5. The number of amidine groups is 1. The Bertz CT molecular complexity index is 861. The maximum Gasteiger partial charge on any atom is 0.435 e. The number of nitrogens with zero attached hydrogens (tertiary/aromatic N) is 5. The number of hydrogen-bond donors (Lipinski definition) is 1. The molecule has 0 bridgehead atoms. The maximum absolute atomic E-state index is 13.1. The Labute approximate surface area is 164 Å². The zero-order valence-corrected chi connectivity index (χ0v) is 16.0. The Morgan fingerprint density at radius 1 is 1.32 bits per heavy atom. The van der Waals surface area contributed by atoms with Crippen LogP contribution in [0.15, 0.2) is 23.5 Å². The van der Waals surface area contributed by atoms with Gasteiger partial charge in [-0.3, -0.25) is 4.68 Å². The second-order valence-corrected chi connectivity index (χ2v) is 6.77. The van der Waals surface area contributed by atoms with E-state index in [1.54, 1.807) is 18.3 Å². The Kier molecular flexibility index (Phi) is 5.97. The van der Waals surface area contributed by atoms with Crippen LogP contribution in [0.25, 0.3) is 0 Å². The third kappa shape index (κ3) is 4.32. The molecule has 0 aliphatic carbocycles. The van der Waals surface area contributed by atoms with Crippen molar-refractivity contribution in [3.05, 3.63) is 40.3 Å². The summed E-state index contributed by atoms with van der Waals surface area (Å²) in [6.07, 6.45) is 0.293. The zero-order valence-electron chi connectivity index (χ0n) is 15.2. The fraction of sp³-hybridized carbons (Fsp3) is 0.471. The summed E-state index contributed by atoms with van der Waals surface area (Å²) < 4.78 is 40.2. The molecule has 0 radical (unpaired) electrons. The predicted molar refractivity (Wildman–Crippen MR) is 99.0 cm³/mol. The quantitative estimate of drug-likeness (QED) is 0.459. The summed E-state index contributed by atoms with van der Waals surface area (Å²) in [7, 11) is 1.32. The van der Waals surface area contributed by atoms with Crippen molar-refractivity contribution >= 4 is 23.3 Å². The van der Waals surface area contributed by atoms with E-state index in [1.807, 2.05) is 0 Å². The normalized spacial score (nSPS) is 15.8. The number of aryl methyl sites for hydroxylation is 1. The van der Waals surface area contributed by atoms with E-state index in [0.717, 1.165) is 30.6 Å². The monoisotopic (exact) mass is 416 g/mol. The van der Waals surface area contributed by atoms with Gasteiger partial charge < -0.3 is 15.5 Å². The number of oxime groups is 1. The third-order valence-corrected chi connectivity index (χ3v) is 4.90. The van der Waals surface area contributed by atoms with Crippen LogP contribution in [0.4, 0.5) is 19.0 Å². The van der Waals surface area contributed by atoms with Crippen LogP contribution in [-0.2, 0) is 24.7 Å². The van der Waals surface area contributed by atoms with Crippen molar-refractivity contribution in [3.8, 4) is 0 Å². The van der Waals surface area contributed by atoms with Gasteiger partial charge >= 0.3 is 6.18 Å². The number of alkyl halides is 3. The minimum atomic E-state index is -4.65. The average molecular weight is 417 g/mol. The molecule has 0 unspecified atom stereocenters. The van der Waals surface area contributed by atoms with Gasteiger partial charge in [0.2, 0.25) is 0 Å². The summed E-state index contributed by atoms with van der Waals surface area (Å²) in [6.45, 7) is 1.21. The van der Waals surface area contributed by atoms with Crippen LogP contribution in [0.5, 0.6) is 0 Å². The molecule has 2 aromatic heterocycles. The molecule has 3 rings (SSSR count). The Balaban J connectivity index is 1.78. The topological polar surface area (TPSA) is 81.6 Å². The highest BCUT2D eigenvalue weighted by molar-refractivity contribution is 6.30. The second kappa shape index (κ2) is 8.26. The van der Waals surface area contributed by atoms with Crippen molar-refractivity contribution in [1.82, 2.24) is 14.8 Å². The van der Waals surface area contributed by atoms with Gasteiger partial charge in [-0.2, -0.15) is 18.3 Å². The zero-order chi connectivity index (χ0) is 20.3. The average Bonchev–Trinajstić information content (AvgIpc) is 2.97. The lowest BCUT2D eigenvalue weighted by Crippen LogP contribution is -2.32. The molecule has 2 aromatic rings. The van der Waals surface area contributed by atoms with Crippen molar-refractivity contribution in [2.45, 2.75) is 32.0 Å². The van der Waals surface area contributed by atoms with Crippen LogP contribution in [0, 0.1) is 0 Å². The lowest BCUT2D eigenvalue weighted by atomic mass is 10.1. The number of pyridine rings is 1. The summed E-state index contributed by atoms with van der Waals surface area (Å²) in [5.41, 5.74) is 5.18. The molecule has 1 saturated heterocycles. The lowest BCUT2D eigenvalue weighted by Gasteiger charge is -2.29. The molecule has 3 heterocycles. The second-order valence-electron chi connectivity index (χ2n) is 6.41. The van der Waals surface area contributed by atoms with Crippen molar-refractivity contribution in [3.63, 3.8) is 0 Å². The fourth-order valence-corrected chi connectivity index (χ4v) is 3.25. The minimum Gasteiger partial charge on any atom is -0.389 e. The van der Waals surface area contributed by atoms with Gasteiger partial charge in [0.15, 0.2) is 11.5 Å². The molecule has 1 fully saturated rings. The molecule has 2 N–H and O–H groups in total. The number of halogens is 4. The van der Waals surface area contributed by atoms with Gasteiger partial charge in [-0.15, -0.1) is 0 Å². The van der Waals surface area contributed by atoms with E-state index in [-0.39, 0.29) is 16.6 Å². The van der Waals surface area contributed by atoms with E-state index in [0.29, 0.717) is 11.4 Å². The van der Waals surface area contributed by atoms with Gasteiger partial charge in [0, 0.05) is 26.3 Å². The van der Waals surface area contributed by atoms with Gasteiger partial charge in [-0.05, 0) is 31.4 Å². The smallest absolute Gasteiger partial charge is 0.389 e. The number of aromatic nitrogens is 3. The van der Waals surface area contributed by atoms with E-state index < -0.39 is 18.5 Å². The van der Waals surface area contributed by atoms with E-state index in [1.165, 1.54) is 13.5 Å². The Morgan fingerprint density at radius 2 is 2.04 bits per heavy atom. The highest BCUT2D eigenvalue weighted by Crippen LogP contribution is 2.34. The molecule has 152 valence electrons. The van der Waals surface area contributed by atoms with Crippen LogP contribution >= 0.6 is 11.6 Å². The molecule has 11 heteroatoms. The standard InChI is InChI=1S/C17H20ClF3N6O/c1-26-14(18)12(13(24-26)17(19,20)21)10-28-25-15(22)11-6-5-7-23-16(11)27-8-3-2-4-9-27/h5-7H,2-4,8-10H2,1H3,(H2,22,25). The van der Waals surface area contributed by atoms with Crippen LogP contribution in [0.1, 0.15) is 36.1 Å². The Hall–Kier alpha value is -2.49. The molecule has 0 aromatic carbocycles. The summed E-state index contributed by atoms with van der Waals surface area (Å²) in [4.78, 5) is 11.6. The lowest BCUT2D eigenvalue weighted by molar-refractivity contribution is -0.142. The largest absolute Gasteiger partial charge is 0.435 e. The van der Waals surface area contributed by atoms with Crippen molar-refractivity contribution in [2.75, 3.05) is 18.0 Å². The van der Waals surface area contributed by atoms with Crippen molar-refractivity contribution in [2.24, 2.45) is 17.9 Å². The molecule has 0 amide bonds. The summed E-state index contributed by atoms with van der Waals surface area (Å²) in [6, 6.07) is 3.46. The van der Waals surface area contributed by atoms with Gasteiger partial charge in [-0.25, -0.2) is 4.98 Å². The number of rotatable bonds is 5. The minimum absolute atomic E-state index is 0.0299. The van der Waals surface area contributed by atoms with Crippen molar-refractivity contribution in [1.29, 1.82) is 0 Å². The molecule has 0 saturated carbocycles. The van der Waals surface area contributed by atoms with Crippen molar-refractivity contribution < 1.29 is 18.0 Å². The number of anilines is 1. The number of piperidine rings is 1. The van der Waals surface area contributed by atoms with Crippen LogP contribution in [0.2, 0.25) is 5.15 Å². The van der Waals surface area contributed by atoms with Crippen LogP contribution in [-0.4, -0.2) is 33.7 Å². The molecule has 1 aliphatic heterocycles. The molecule has 0 atom stereocenters. The van der Waals surface area contributed by atoms with Gasteiger partial charge in [-0.1, -0.05) is 16.8 Å². The predicted octanol–water partition coefficient (Wildman–Crippen LogP) is 3.31. The summed E-state index contributed by atoms with van der Waals surface area (Å²) >= 11 is 5.90. The Morgan fingerprint density at radius 3 is 2.71 bits per heavy atom. The first kappa shape index (κ1) is 20.2. The van der Waals surface area contributed by atoms with Crippen LogP contribution < -0.4 is 10.6 Å². The van der Waals surface area contributed by atoms with E-state index in [4.69, 9.17) is 22.2 Å². The first-order chi connectivity index (χ1) is 13.3. The van der Waals surface area contributed by atoms with Gasteiger partial charge in [0.05, 0.1) is 11.1 Å². The van der Waals surface area contributed by atoms with E-state index in [9.17, 15) is 13.2 Å². The molecule has 7 nitrogen and oxygen atoms in total. The third-order valence-electron chi connectivity index (χ3n) is 4.43. The van der Waals surface area contributed by atoms with E-state index >= 15 is 0 Å². The van der Waals surface area contributed by atoms with E-state index in [2.05, 4.69) is 20.1 Å². The van der Waals surface area contributed by atoms with Gasteiger partial charge in [0.25, 0.3) is 0 Å². The molecular formula is C17H20ClF3N6O. The fourth-order valence-electron chi connectivity index (χ4n) is 3.07. The first-order valence-corrected chi connectivity index (χ1v) is 9.11. The summed E-state index contributed by atoms with van der Waals surface area (Å²) in [5, 5.41) is 7.01. The van der Waals surface area contributed by atoms with Crippen LogP contribution in [0.3, 0.4) is 0 Å². The summed E-state index contributed by atoms with van der Waals surface area (Å²) in [5.74, 6) is 0.713. The molecule has 28 heavy (non-hydrogen) atoms. The maximum atomic E-state index is 13.1. The van der Waals surface area contributed by atoms with Gasteiger partial charge in [0.1, 0.15) is 17.6 Å². The first-order valence-electron chi connectivity index (χ1n) is 8.73. The highest BCUT2D eigenvalue weighted by Gasteiger charge is 2.39. The number of hydrogen-bond acceptors (Lipinski definition) is 5.